The van der Waals surface area contributed by atoms with Gasteiger partial charge in [-0.25, -0.2) is 0 Å². The summed E-state index contributed by atoms with van der Waals surface area (Å²) in [6.45, 7) is 0.739. The molecule has 1 saturated carbocycles. The molecule has 0 saturated heterocycles. The summed E-state index contributed by atoms with van der Waals surface area (Å²) >= 11 is 1.45. The lowest BCUT2D eigenvalue weighted by Gasteiger charge is -2.23. The third-order valence-corrected chi connectivity index (χ3v) is 6.67. The van der Waals surface area contributed by atoms with Crippen LogP contribution in [0, 0.1) is 0 Å². The summed E-state index contributed by atoms with van der Waals surface area (Å²) in [5.41, 5.74) is 2.93. The van der Waals surface area contributed by atoms with Gasteiger partial charge in [0.2, 0.25) is 5.91 Å². The summed E-state index contributed by atoms with van der Waals surface area (Å²) in [6.07, 6.45) is 6.68. The Morgan fingerprint density at radius 3 is 2.61 bits per heavy atom. The molecule has 4 rings (SSSR count). The van der Waals surface area contributed by atoms with E-state index in [0.717, 1.165) is 36.4 Å². The molecule has 5 heteroatoms. The van der Waals surface area contributed by atoms with Gasteiger partial charge in [-0.05, 0) is 43.0 Å². The van der Waals surface area contributed by atoms with Crippen LogP contribution in [-0.2, 0) is 11.2 Å². The second-order valence-electron chi connectivity index (χ2n) is 7.52. The number of anilines is 1. The summed E-state index contributed by atoms with van der Waals surface area (Å²) < 4.78 is 0. The molecule has 146 valence electrons. The maximum Gasteiger partial charge on any atom is 0.252 e. The highest BCUT2D eigenvalue weighted by Crippen LogP contribution is 2.30. The van der Waals surface area contributed by atoms with Gasteiger partial charge >= 0.3 is 0 Å². The van der Waals surface area contributed by atoms with Crippen molar-refractivity contribution >= 4 is 29.3 Å². The van der Waals surface area contributed by atoms with Crippen molar-refractivity contribution in [1.82, 2.24) is 5.32 Å². The second-order valence-corrected chi connectivity index (χ2v) is 8.53. The molecule has 1 heterocycles. The fourth-order valence-electron chi connectivity index (χ4n) is 4.10. The van der Waals surface area contributed by atoms with Crippen LogP contribution in [0.25, 0.3) is 0 Å². The smallest absolute Gasteiger partial charge is 0.252 e. The molecule has 1 aliphatic heterocycles. The number of hydrogen-bond donors (Lipinski definition) is 1. The van der Waals surface area contributed by atoms with Crippen molar-refractivity contribution in [1.29, 1.82) is 0 Å². The molecule has 0 aromatic heterocycles. The molecule has 1 aliphatic carbocycles. The SMILES string of the molecule is O=C(NC1CCCCC1)c1ccccc1SCC(=O)N1CCc2ccccc21. The van der Waals surface area contributed by atoms with Crippen LogP contribution in [0.5, 0.6) is 0 Å². The molecule has 0 unspecified atom stereocenters. The Morgan fingerprint density at radius 2 is 1.75 bits per heavy atom. The van der Waals surface area contributed by atoms with E-state index in [2.05, 4.69) is 11.4 Å². The summed E-state index contributed by atoms with van der Waals surface area (Å²) in [6, 6.07) is 16.0. The van der Waals surface area contributed by atoms with Crippen LogP contribution < -0.4 is 10.2 Å². The first-order chi connectivity index (χ1) is 13.7. The van der Waals surface area contributed by atoms with E-state index in [4.69, 9.17) is 0 Å². The molecule has 0 spiro atoms. The van der Waals surface area contributed by atoms with E-state index in [-0.39, 0.29) is 17.9 Å². The van der Waals surface area contributed by atoms with E-state index in [1.54, 1.807) is 0 Å². The number of para-hydroxylation sites is 1. The van der Waals surface area contributed by atoms with Gasteiger partial charge in [0, 0.05) is 23.2 Å². The number of fused-ring (bicyclic) bond motifs is 1. The summed E-state index contributed by atoms with van der Waals surface area (Å²) in [7, 11) is 0. The van der Waals surface area contributed by atoms with Crippen LogP contribution >= 0.6 is 11.8 Å². The highest BCUT2D eigenvalue weighted by Gasteiger charge is 2.25. The van der Waals surface area contributed by atoms with E-state index in [0.29, 0.717) is 11.3 Å². The van der Waals surface area contributed by atoms with Gasteiger partial charge in [0.05, 0.1) is 11.3 Å². The van der Waals surface area contributed by atoms with Crippen LogP contribution in [0.3, 0.4) is 0 Å². The number of carbonyl (C=O) groups is 2. The maximum absolute atomic E-state index is 12.8. The molecule has 2 amide bonds. The molecule has 2 aromatic carbocycles. The number of nitrogens with one attached hydrogen (secondary N) is 1. The van der Waals surface area contributed by atoms with Gasteiger partial charge in [-0.15, -0.1) is 11.8 Å². The van der Waals surface area contributed by atoms with Crippen molar-refractivity contribution in [3.63, 3.8) is 0 Å². The number of hydrogen-bond acceptors (Lipinski definition) is 3. The van der Waals surface area contributed by atoms with Gasteiger partial charge in [-0.2, -0.15) is 0 Å². The first-order valence-electron chi connectivity index (χ1n) is 10.1. The van der Waals surface area contributed by atoms with Gasteiger partial charge in [-0.1, -0.05) is 49.6 Å². The molecule has 1 N–H and O–H groups in total. The third kappa shape index (κ3) is 4.25. The second kappa shape index (κ2) is 8.82. The van der Waals surface area contributed by atoms with Crippen molar-refractivity contribution in [3.8, 4) is 0 Å². The van der Waals surface area contributed by atoms with Gasteiger partial charge < -0.3 is 10.2 Å². The molecule has 4 nitrogen and oxygen atoms in total. The van der Waals surface area contributed by atoms with Crippen molar-refractivity contribution in [2.45, 2.75) is 49.5 Å². The third-order valence-electron chi connectivity index (χ3n) is 5.61. The first kappa shape index (κ1) is 19.1. The lowest BCUT2D eigenvalue weighted by Crippen LogP contribution is -2.36. The summed E-state index contributed by atoms with van der Waals surface area (Å²) in [5, 5.41) is 3.18. The van der Waals surface area contributed by atoms with Crippen molar-refractivity contribution < 1.29 is 9.59 Å². The van der Waals surface area contributed by atoms with E-state index >= 15 is 0 Å². The Kier molecular flexibility index (Phi) is 6.01. The number of nitrogens with zero attached hydrogens (tertiary/aromatic N) is 1. The molecular weight excluding hydrogens is 368 g/mol. The fraction of sp³-hybridized carbons (Fsp3) is 0.391. The van der Waals surface area contributed by atoms with Crippen LogP contribution in [0.2, 0.25) is 0 Å². The monoisotopic (exact) mass is 394 g/mol. The number of carbonyl (C=O) groups excluding carboxylic acids is 2. The zero-order valence-corrected chi connectivity index (χ0v) is 16.8. The highest BCUT2D eigenvalue weighted by atomic mass is 32.2. The predicted octanol–water partition coefficient (Wildman–Crippen LogP) is 4.43. The van der Waals surface area contributed by atoms with Gasteiger partial charge in [0.1, 0.15) is 0 Å². The molecule has 2 aliphatic rings. The van der Waals surface area contributed by atoms with E-state index < -0.39 is 0 Å². The quantitative estimate of drug-likeness (QED) is 0.763. The fourth-order valence-corrected chi connectivity index (χ4v) is 5.03. The Morgan fingerprint density at radius 1 is 1.00 bits per heavy atom. The predicted molar refractivity (Wildman–Crippen MR) is 114 cm³/mol. The largest absolute Gasteiger partial charge is 0.349 e. The minimum atomic E-state index is -0.0195. The van der Waals surface area contributed by atoms with E-state index in [1.807, 2.05) is 47.4 Å². The first-order valence-corrected chi connectivity index (χ1v) is 11.1. The van der Waals surface area contributed by atoms with Gasteiger partial charge in [0.25, 0.3) is 5.91 Å². The minimum absolute atomic E-state index is 0.0195. The van der Waals surface area contributed by atoms with Crippen LogP contribution in [0.1, 0.15) is 48.0 Å². The van der Waals surface area contributed by atoms with Crippen LogP contribution in [-0.4, -0.2) is 30.2 Å². The van der Waals surface area contributed by atoms with Crippen molar-refractivity contribution in [2.75, 3.05) is 17.2 Å². The van der Waals surface area contributed by atoms with Crippen molar-refractivity contribution in [2.24, 2.45) is 0 Å². The Bertz CT molecular complexity index is 861. The zero-order valence-electron chi connectivity index (χ0n) is 16.0. The standard InChI is InChI=1S/C23H26N2O2S/c26-22(25-15-14-17-8-4-6-12-20(17)25)16-28-21-13-7-5-11-19(21)23(27)24-18-9-2-1-3-10-18/h4-8,11-13,18H,1-3,9-10,14-16H2,(H,24,27). The number of amides is 2. The van der Waals surface area contributed by atoms with Crippen LogP contribution in [0.4, 0.5) is 5.69 Å². The molecule has 1 fully saturated rings. The van der Waals surface area contributed by atoms with Gasteiger partial charge in [-0.3, -0.25) is 9.59 Å². The molecule has 2 aromatic rings. The maximum atomic E-state index is 12.8. The van der Waals surface area contributed by atoms with Crippen LogP contribution in [0.15, 0.2) is 53.4 Å². The summed E-state index contributed by atoms with van der Waals surface area (Å²) in [4.78, 5) is 28.3. The Hall–Kier alpha value is -2.27. The lowest BCUT2D eigenvalue weighted by atomic mass is 9.95. The zero-order chi connectivity index (χ0) is 19.3. The molecular formula is C23H26N2O2S. The number of rotatable bonds is 5. The highest BCUT2D eigenvalue weighted by molar-refractivity contribution is 8.00. The molecule has 28 heavy (non-hydrogen) atoms. The number of benzene rings is 2. The lowest BCUT2D eigenvalue weighted by molar-refractivity contribution is -0.116. The average Bonchev–Trinajstić information content (AvgIpc) is 3.17. The number of thioether (sulfide) groups is 1. The molecule has 0 bridgehead atoms. The van der Waals surface area contributed by atoms with Crippen molar-refractivity contribution in [3.05, 3.63) is 59.7 Å². The Balaban J connectivity index is 1.40. The summed E-state index contributed by atoms with van der Waals surface area (Å²) in [5.74, 6) is 0.411. The molecule has 0 radical (unpaired) electrons. The minimum Gasteiger partial charge on any atom is -0.349 e. The van der Waals surface area contributed by atoms with E-state index in [1.165, 1.54) is 36.6 Å². The van der Waals surface area contributed by atoms with Gasteiger partial charge in [0.15, 0.2) is 0 Å². The Labute approximate surface area is 170 Å². The van der Waals surface area contributed by atoms with E-state index in [9.17, 15) is 9.59 Å². The topological polar surface area (TPSA) is 49.4 Å². The normalized spacial score (nSPS) is 16.6. The molecule has 0 atom stereocenters. The average molecular weight is 395 g/mol.